The summed E-state index contributed by atoms with van der Waals surface area (Å²) >= 11 is 1.83. The van der Waals surface area contributed by atoms with Crippen molar-refractivity contribution in [3.05, 3.63) is 80.5 Å². The highest BCUT2D eigenvalue weighted by molar-refractivity contribution is 7.12. The second kappa shape index (κ2) is 9.15. The van der Waals surface area contributed by atoms with Gasteiger partial charge in [-0.15, -0.1) is 11.3 Å². The molecule has 4 rings (SSSR count). The average molecular weight is 435 g/mol. The summed E-state index contributed by atoms with van der Waals surface area (Å²) in [5.74, 6) is 0.823. The molecule has 162 valence electrons. The number of hydrogen-bond acceptors (Lipinski definition) is 3. The third kappa shape index (κ3) is 4.19. The maximum absolute atomic E-state index is 13.4. The van der Waals surface area contributed by atoms with Crippen LogP contribution in [0.25, 0.3) is 0 Å². The maximum atomic E-state index is 13.4. The number of fused-ring (bicyclic) bond motifs is 1. The van der Waals surface area contributed by atoms with Gasteiger partial charge in [0.25, 0.3) is 0 Å². The molecule has 1 N–H and O–H groups in total. The number of carbonyl (C=O) groups is 1. The van der Waals surface area contributed by atoms with E-state index in [1.807, 2.05) is 40.5 Å². The Morgan fingerprint density at radius 2 is 1.81 bits per heavy atom. The molecular weight excluding hydrogens is 404 g/mol. The molecule has 0 radical (unpaired) electrons. The van der Waals surface area contributed by atoms with Gasteiger partial charge >= 0.3 is 6.03 Å². The first-order chi connectivity index (χ1) is 15.0. The van der Waals surface area contributed by atoms with Crippen molar-refractivity contribution in [2.45, 2.75) is 46.1 Å². The van der Waals surface area contributed by atoms with E-state index in [1.165, 1.54) is 26.4 Å². The van der Waals surface area contributed by atoms with Crippen LogP contribution in [0, 0.1) is 6.92 Å². The number of amides is 2. The minimum absolute atomic E-state index is 0.0557. The van der Waals surface area contributed by atoms with Crippen molar-refractivity contribution >= 4 is 23.1 Å². The van der Waals surface area contributed by atoms with Crippen LogP contribution in [0.1, 0.15) is 51.9 Å². The summed E-state index contributed by atoms with van der Waals surface area (Å²) in [7, 11) is 1.67. The molecule has 1 aliphatic rings. The first-order valence-electron chi connectivity index (χ1n) is 11.0. The summed E-state index contributed by atoms with van der Waals surface area (Å²) in [6.07, 6.45) is 2.92. The molecule has 0 fully saturated rings. The lowest BCUT2D eigenvalue weighted by Crippen LogP contribution is -2.42. The van der Waals surface area contributed by atoms with Crippen LogP contribution in [0.15, 0.2) is 48.5 Å². The van der Waals surface area contributed by atoms with Crippen molar-refractivity contribution in [1.82, 2.24) is 4.90 Å². The smallest absolute Gasteiger partial charge is 0.322 e. The van der Waals surface area contributed by atoms with Gasteiger partial charge in [0.15, 0.2) is 0 Å². The van der Waals surface area contributed by atoms with Crippen molar-refractivity contribution in [3.8, 4) is 5.75 Å². The topological polar surface area (TPSA) is 41.6 Å². The predicted octanol–water partition coefficient (Wildman–Crippen LogP) is 6.37. The van der Waals surface area contributed by atoms with E-state index in [-0.39, 0.29) is 12.1 Å². The Kier molecular flexibility index (Phi) is 6.33. The number of anilines is 1. The number of hydrogen-bond donors (Lipinski definition) is 1. The normalized spacial score (nSPS) is 15.5. The molecule has 3 aromatic rings. The number of aryl methyl sites for hydroxylation is 2. The van der Waals surface area contributed by atoms with Crippen LogP contribution in [0.3, 0.4) is 0 Å². The molecule has 1 aliphatic heterocycles. The Bertz CT molecular complexity index is 1050. The Labute approximate surface area is 188 Å². The van der Waals surface area contributed by atoms with E-state index >= 15 is 0 Å². The van der Waals surface area contributed by atoms with E-state index in [4.69, 9.17) is 4.74 Å². The number of thiophene rings is 1. The van der Waals surface area contributed by atoms with Gasteiger partial charge in [-0.3, -0.25) is 0 Å². The number of nitrogens with one attached hydrogen (secondary N) is 1. The fourth-order valence-corrected chi connectivity index (χ4v) is 5.91. The first kappa shape index (κ1) is 21.4. The summed E-state index contributed by atoms with van der Waals surface area (Å²) in [5, 5.41) is 3.12. The summed E-state index contributed by atoms with van der Waals surface area (Å²) < 4.78 is 5.35. The molecule has 2 amide bonds. The molecule has 4 nitrogen and oxygen atoms in total. The zero-order valence-electron chi connectivity index (χ0n) is 18.7. The van der Waals surface area contributed by atoms with Gasteiger partial charge in [-0.25, -0.2) is 4.79 Å². The number of rotatable bonds is 5. The van der Waals surface area contributed by atoms with Gasteiger partial charge in [0.1, 0.15) is 5.75 Å². The van der Waals surface area contributed by atoms with E-state index in [0.717, 1.165) is 36.3 Å². The molecule has 0 bridgehead atoms. The van der Waals surface area contributed by atoms with Crippen LogP contribution in [-0.2, 0) is 19.3 Å². The van der Waals surface area contributed by atoms with Gasteiger partial charge in [0, 0.05) is 22.0 Å². The second-order valence-corrected chi connectivity index (χ2v) is 9.19. The van der Waals surface area contributed by atoms with Crippen molar-refractivity contribution < 1.29 is 9.53 Å². The highest BCUT2D eigenvalue weighted by Crippen LogP contribution is 2.43. The molecular formula is C26H30N2O2S. The van der Waals surface area contributed by atoms with E-state index in [9.17, 15) is 4.79 Å². The Hall–Kier alpha value is -2.79. The molecule has 2 heterocycles. The van der Waals surface area contributed by atoms with Crippen LogP contribution in [0.4, 0.5) is 10.5 Å². The Morgan fingerprint density at radius 3 is 2.42 bits per heavy atom. The highest BCUT2D eigenvalue weighted by Gasteiger charge is 2.35. The lowest BCUT2D eigenvalue weighted by Gasteiger charge is -2.36. The van der Waals surface area contributed by atoms with Crippen LogP contribution < -0.4 is 10.1 Å². The highest BCUT2D eigenvalue weighted by atomic mass is 32.1. The van der Waals surface area contributed by atoms with E-state index in [1.54, 1.807) is 7.11 Å². The van der Waals surface area contributed by atoms with E-state index < -0.39 is 0 Å². The van der Waals surface area contributed by atoms with Gasteiger partial charge in [-0.1, -0.05) is 38.1 Å². The van der Waals surface area contributed by atoms with Crippen LogP contribution in [-0.4, -0.2) is 24.6 Å². The van der Waals surface area contributed by atoms with Crippen molar-refractivity contribution in [2.75, 3.05) is 19.0 Å². The predicted molar refractivity (Wildman–Crippen MR) is 129 cm³/mol. The monoisotopic (exact) mass is 434 g/mol. The summed E-state index contributed by atoms with van der Waals surface area (Å²) in [6.45, 7) is 7.25. The molecule has 0 unspecified atom stereocenters. The van der Waals surface area contributed by atoms with E-state index in [2.05, 4.69) is 50.4 Å². The molecule has 1 atom stereocenters. The zero-order chi connectivity index (χ0) is 22.0. The van der Waals surface area contributed by atoms with Crippen molar-refractivity contribution in [1.29, 1.82) is 0 Å². The van der Waals surface area contributed by atoms with E-state index in [0.29, 0.717) is 6.54 Å². The lowest BCUT2D eigenvalue weighted by atomic mass is 9.92. The number of benzene rings is 2. The third-order valence-electron chi connectivity index (χ3n) is 6.17. The van der Waals surface area contributed by atoms with Gasteiger partial charge in [-0.05, 0) is 72.7 Å². The molecule has 0 saturated carbocycles. The largest absolute Gasteiger partial charge is 0.497 e. The van der Waals surface area contributed by atoms with Gasteiger partial charge in [0.2, 0.25) is 0 Å². The van der Waals surface area contributed by atoms with Gasteiger partial charge in [-0.2, -0.15) is 0 Å². The minimum atomic E-state index is -0.0893. The fourth-order valence-electron chi connectivity index (χ4n) is 4.46. The van der Waals surface area contributed by atoms with Gasteiger partial charge < -0.3 is 15.0 Å². The first-order valence-corrected chi connectivity index (χ1v) is 11.8. The number of ether oxygens (including phenoxy) is 1. The SMILES string of the molecule is CCc1ccc(NC(=O)N2CCc3c(sc(C)c3CC)[C@H]2c2ccc(OC)cc2)cc1. The summed E-state index contributed by atoms with van der Waals surface area (Å²) in [6, 6.07) is 16.1. The lowest BCUT2D eigenvalue weighted by molar-refractivity contribution is 0.195. The quantitative estimate of drug-likeness (QED) is 0.507. The minimum Gasteiger partial charge on any atom is -0.497 e. The summed E-state index contributed by atoms with van der Waals surface area (Å²) in [5.41, 5.74) is 6.09. The summed E-state index contributed by atoms with van der Waals surface area (Å²) in [4.78, 5) is 18.0. The number of urea groups is 1. The third-order valence-corrected chi connectivity index (χ3v) is 7.41. The Morgan fingerprint density at radius 1 is 1.10 bits per heavy atom. The standard InChI is InChI=1S/C26H30N2O2S/c1-5-18-7-11-20(12-8-18)27-26(29)28-16-15-23-22(6-2)17(3)31-25(23)24(28)19-9-13-21(30-4)14-10-19/h7-14,24H,5-6,15-16H2,1-4H3,(H,27,29)/t24-/m1/s1. The van der Waals surface area contributed by atoms with Crippen LogP contribution >= 0.6 is 11.3 Å². The average Bonchev–Trinajstić information content (AvgIpc) is 3.13. The Balaban J connectivity index is 1.69. The number of nitrogens with zero attached hydrogens (tertiary/aromatic N) is 1. The van der Waals surface area contributed by atoms with Gasteiger partial charge in [0.05, 0.1) is 13.2 Å². The second-order valence-electron chi connectivity index (χ2n) is 7.93. The van der Waals surface area contributed by atoms with Crippen molar-refractivity contribution in [2.24, 2.45) is 0 Å². The fraction of sp³-hybridized carbons (Fsp3) is 0.346. The number of carbonyl (C=O) groups excluding carboxylic acids is 1. The molecule has 1 aromatic heterocycles. The zero-order valence-corrected chi connectivity index (χ0v) is 19.5. The molecule has 0 saturated heterocycles. The molecule has 0 spiro atoms. The molecule has 31 heavy (non-hydrogen) atoms. The number of methoxy groups -OCH3 is 1. The maximum Gasteiger partial charge on any atom is 0.322 e. The van der Waals surface area contributed by atoms with Crippen molar-refractivity contribution in [3.63, 3.8) is 0 Å². The van der Waals surface area contributed by atoms with Crippen LogP contribution in [0.5, 0.6) is 5.75 Å². The molecule has 0 aliphatic carbocycles. The van der Waals surface area contributed by atoms with Crippen LogP contribution in [0.2, 0.25) is 0 Å². The molecule has 5 heteroatoms. The molecule has 2 aromatic carbocycles.